The largest absolute Gasteiger partial charge is 0.455 e. The summed E-state index contributed by atoms with van der Waals surface area (Å²) in [6, 6.07) is 15.1. The molecule has 0 fully saturated rings. The molecule has 8 heteroatoms. The van der Waals surface area contributed by atoms with Gasteiger partial charge in [-0.15, -0.1) is 11.3 Å². The number of aryl methyl sites for hydroxylation is 1. The normalized spacial score (nSPS) is 12.7. The standard InChI is InChI=1S/C25H32N4O3S/c1-5-6-7-23(32-21-14-10-19(11-15-21)25(26)28-30)31-20-12-8-18(9-13-20)24-22(16-29(3)4)33-17(2)27-24/h8-15,23,30H,5-7,16H2,1-4H3,(H2,26,28). The fourth-order valence-electron chi connectivity index (χ4n) is 3.36. The van der Waals surface area contributed by atoms with Crippen molar-refractivity contribution in [1.29, 1.82) is 0 Å². The summed E-state index contributed by atoms with van der Waals surface area (Å²) in [5.74, 6) is 1.46. The van der Waals surface area contributed by atoms with Crippen molar-refractivity contribution in [2.75, 3.05) is 14.1 Å². The van der Waals surface area contributed by atoms with E-state index in [0.717, 1.165) is 47.8 Å². The van der Waals surface area contributed by atoms with Crippen LogP contribution < -0.4 is 15.2 Å². The molecule has 176 valence electrons. The van der Waals surface area contributed by atoms with Gasteiger partial charge in [0.1, 0.15) is 11.5 Å². The molecule has 3 aromatic rings. The minimum absolute atomic E-state index is 0.0597. The first-order chi connectivity index (χ1) is 15.9. The predicted molar refractivity (Wildman–Crippen MR) is 133 cm³/mol. The number of hydrogen-bond donors (Lipinski definition) is 2. The van der Waals surface area contributed by atoms with Gasteiger partial charge in [-0.1, -0.05) is 18.5 Å². The zero-order valence-electron chi connectivity index (χ0n) is 19.6. The third-order valence-electron chi connectivity index (χ3n) is 4.98. The van der Waals surface area contributed by atoms with Gasteiger partial charge in [0, 0.05) is 29.0 Å². The van der Waals surface area contributed by atoms with Gasteiger partial charge in [-0.3, -0.25) is 0 Å². The zero-order chi connectivity index (χ0) is 23.8. The third kappa shape index (κ3) is 6.94. The Hall–Kier alpha value is -3.10. The summed E-state index contributed by atoms with van der Waals surface area (Å²) in [5, 5.41) is 12.9. The Kier molecular flexibility index (Phi) is 8.68. The van der Waals surface area contributed by atoms with Crippen molar-refractivity contribution in [2.45, 2.75) is 45.9 Å². The summed E-state index contributed by atoms with van der Waals surface area (Å²) in [6.45, 7) is 5.04. The highest BCUT2D eigenvalue weighted by Gasteiger charge is 2.15. The van der Waals surface area contributed by atoms with Gasteiger partial charge in [0.25, 0.3) is 0 Å². The molecular formula is C25H32N4O3S. The molecule has 1 atom stereocenters. The summed E-state index contributed by atoms with van der Waals surface area (Å²) < 4.78 is 12.3. The van der Waals surface area contributed by atoms with Crippen molar-refractivity contribution in [1.82, 2.24) is 9.88 Å². The molecule has 0 aliphatic heterocycles. The molecule has 0 spiro atoms. The molecule has 7 nitrogen and oxygen atoms in total. The Morgan fingerprint density at radius 3 is 2.24 bits per heavy atom. The lowest BCUT2D eigenvalue weighted by molar-refractivity contribution is -0.00211. The van der Waals surface area contributed by atoms with Gasteiger partial charge in [-0.25, -0.2) is 4.98 Å². The van der Waals surface area contributed by atoms with Crippen molar-refractivity contribution >= 4 is 17.2 Å². The van der Waals surface area contributed by atoms with Crippen LogP contribution in [-0.4, -0.2) is 41.3 Å². The van der Waals surface area contributed by atoms with Crippen molar-refractivity contribution < 1.29 is 14.7 Å². The van der Waals surface area contributed by atoms with E-state index in [9.17, 15) is 0 Å². The van der Waals surface area contributed by atoms with Crippen LogP contribution in [0.3, 0.4) is 0 Å². The van der Waals surface area contributed by atoms with Crippen molar-refractivity contribution in [3.63, 3.8) is 0 Å². The lowest BCUT2D eigenvalue weighted by Crippen LogP contribution is -2.24. The Morgan fingerprint density at radius 1 is 1.09 bits per heavy atom. The first-order valence-electron chi connectivity index (χ1n) is 11.0. The molecule has 3 N–H and O–H groups in total. The fraction of sp³-hybridized carbons (Fsp3) is 0.360. The van der Waals surface area contributed by atoms with Gasteiger partial charge in [-0.05, 0) is 76.0 Å². The van der Waals surface area contributed by atoms with Crippen LogP contribution in [0.2, 0.25) is 0 Å². The van der Waals surface area contributed by atoms with Crippen LogP contribution in [0.5, 0.6) is 11.5 Å². The summed E-state index contributed by atoms with van der Waals surface area (Å²) in [6.07, 6.45) is 2.37. The number of oxime groups is 1. The number of unbranched alkanes of at least 4 members (excludes halogenated alkanes) is 1. The van der Waals surface area contributed by atoms with Crippen LogP contribution in [0.4, 0.5) is 0 Å². The molecule has 0 saturated heterocycles. The zero-order valence-corrected chi connectivity index (χ0v) is 20.4. The summed E-state index contributed by atoms with van der Waals surface area (Å²) in [4.78, 5) is 8.15. The van der Waals surface area contributed by atoms with Crippen LogP contribution in [0, 0.1) is 6.92 Å². The summed E-state index contributed by atoms with van der Waals surface area (Å²) >= 11 is 1.73. The van der Waals surface area contributed by atoms with E-state index in [-0.39, 0.29) is 5.84 Å². The number of amidine groups is 1. The predicted octanol–water partition coefficient (Wildman–Crippen LogP) is 5.25. The molecule has 0 aliphatic carbocycles. The highest BCUT2D eigenvalue weighted by Crippen LogP contribution is 2.30. The number of ether oxygens (including phenoxy) is 2. The number of thiazole rings is 1. The maximum atomic E-state index is 8.82. The number of rotatable bonds is 11. The Labute approximate surface area is 199 Å². The first kappa shape index (κ1) is 24.5. The number of aromatic nitrogens is 1. The summed E-state index contributed by atoms with van der Waals surface area (Å²) in [7, 11) is 4.13. The lowest BCUT2D eigenvalue weighted by atomic mass is 10.1. The number of nitrogens with zero attached hydrogens (tertiary/aromatic N) is 3. The van der Waals surface area contributed by atoms with Crippen molar-refractivity contribution in [3.05, 3.63) is 64.0 Å². The van der Waals surface area contributed by atoms with Crippen molar-refractivity contribution in [2.24, 2.45) is 10.9 Å². The first-order valence-corrected chi connectivity index (χ1v) is 11.8. The Morgan fingerprint density at radius 2 is 1.70 bits per heavy atom. The van der Waals surface area contributed by atoms with Crippen LogP contribution >= 0.6 is 11.3 Å². The summed E-state index contributed by atoms with van der Waals surface area (Å²) in [5.41, 5.74) is 8.36. The quantitative estimate of drug-likeness (QED) is 0.131. The molecule has 1 heterocycles. The van der Waals surface area contributed by atoms with E-state index < -0.39 is 6.29 Å². The maximum absolute atomic E-state index is 8.82. The van der Waals surface area contributed by atoms with Crippen LogP contribution in [-0.2, 0) is 6.54 Å². The molecule has 1 unspecified atom stereocenters. The van der Waals surface area contributed by atoms with E-state index in [0.29, 0.717) is 11.3 Å². The van der Waals surface area contributed by atoms with Gasteiger partial charge in [0.05, 0.1) is 10.7 Å². The molecule has 1 aromatic heterocycles. The van der Waals surface area contributed by atoms with Gasteiger partial charge in [-0.2, -0.15) is 0 Å². The van der Waals surface area contributed by atoms with Gasteiger partial charge in [0.15, 0.2) is 5.84 Å². The van der Waals surface area contributed by atoms with Gasteiger partial charge >= 0.3 is 0 Å². The molecule has 2 aromatic carbocycles. The Balaban J connectivity index is 1.72. The highest BCUT2D eigenvalue weighted by atomic mass is 32.1. The smallest absolute Gasteiger partial charge is 0.241 e. The topological polar surface area (TPSA) is 93.2 Å². The molecule has 3 rings (SSSR count). The minimum Gasteiger partial charge on any atom is -0.455 e. The van der Waals surface area contributed by atoms with Crippen LogP contribution in [0.1, 0.15) is 41.6 Å². The monoisotopic (exact) mass is 468 g/mol. The molecule has 33 heavy (non-hydrogen) atoms. The van der Waals surface area contributed by atoms with Crippen LogP contribution in [0.25, 0.3) is 11.3 Å². The SMILES string of the molecule is CCCCC(Oc1ccc(C(N)=NO)cc1)Oc1ccc(-c2nc(C)sc2CN(C)C)cc1. The Bertz CT molecular complexity index is 1050. The average Bonchev–Trinajstić information content (AvgIpc) is 3.17. The van der Waals surface area contributed by atoms with Crippen LogP contribution in [0.15, 0.2) is 53.7 Å². The van der Waals surface area contributed by atoms with Crippen molar-refractivity contribution in [3.8, 4) is 22.8 Å². The van der Waals surface area contributed by atoms with E-state index in [1.54, 1.807) is 35.6 Å². The molecule has 0 amide bonds. The van der Waals surface area contributed by atoms with E-state index in [4.69, 9.17) is 25.4 Å². The fourth-order valence-corrected chi connectivity index (χ4v) is 4.44. The van der Waals surface area contributed by atoms with E-state index in [1.165, 1.54) is 4.88 Å². The third-order valence-corrected chi connectivity index (χ3v) is 5.93. The van der Waals surface area contributed by atoms with Gasteiger partial charge < -0.3 is 25.3 Å². The highest BCUT2D eigenvalue weighted by molar-refractivity contribution is 7.12. The van der Waals surface area contributed by atoms with E-state index in [2.05, 4.69) is 31.1 Å². The second-order valence-corrected chi connectivity index (χ2v) is 9.37. The second kappa shape index (κ2) is 11.7. The number of hydrogen-bond acceptors (Lipinski definition) is 7. The molecule has 0 saturated carbocycles. The maximum Gasteiger partial charge on any atom is 0.241 e. The lowest BCUT2D eigenvalue weighted by Gasteiger charge is -2.21. The molecule has 0 radical (unpaired) electrons. The van der Waals surface area contributed by atoms with Gasteiger partial charge in [0.2, 0.25) is 6.29 Å². The van der Waals surface area contributed by atoms with E-state index in [1.807, 2.05) is 31.2 Å². The molecular weight excluding hydrogens is 436 g/mol. The minimum atomic E-state index is -0.420. The number of benzene rings is 2. The van der Waals surface area contributed by atoms with E-state index >= 15 is 0 Å². The average molecular weight is 469 g/mol. The number of nitrogens with two attached hydrogens (primary N) is 1. The second-order valence-electron chi connectivity index (χ2n) is 8.08. The molecule has 0 aliphatic rings. The molecule has 0 bridgehead atoms.